The number of thiophene rings is 1. The van der Waals surface area contributed by atoms with Crippen LogP contribution in [-0.4, -0.2) is 42.5 Å². The van der Waals surface area contributed by atoms with E-state index in [0.29, 0.717) is 23.0 Å². The van der Waals surface area contributed by atoms with E-state index < -0.39 is 0 Å². The molecule has 3 heterocycles. The fraction of sp³-hybridized carbons (Fsp3) is 0.467. The zero-order chi connectivity index (χ0) is 14.8. The summed E-state index contributed by atoms with van der Waals surface area (Å²) in [5.41, 5.74) is 7.27. The Morgan fingerprint density at radius 3 is 3.24 bits per heavy atom. The first-order chi connectivity index (χ1) is 10.1. The number of anilines is 1. The van der Waals surface area contributed by atoms with Crippen LogP contribution in [0.2, 0.25) is 0 Å². The van der Waals surface area contributed by atoms with Crippen LogP contribution in [0.1, 0.15) is 22.5 Å². The Hall–Kier alpha value is -1.66. The third-order valence-electron chi connectivity index (χ3n) is 3.96. The molecule has 0 saturated carbocycles. The smallest absolute Gasteiger partial charge is 0.263 e. The largest absolute Gasteiger partial charge is 0.396 e. The van der Waals surface area contributed by atoms with Crippen LogP contribution in [0.25, 0.3) is 10.2 Å². The van der Waals surface area contributed by atoms with Crippen molar-refractivity contribution >= 4 is 33.1 Å². The van der Waals surface area contributed by atoms with Crippen molar-refractivity contribution in [3.8, 4) is 0 Å². The van der Waals surface area contributed by atoms with E-state index in [4.69, 9.17) is 5.73 Å². The quantitative estimate of drug-likeness (QED) is 0.909. The number of rotatable bonds is 3. The molecule has 5 nitrogen and oxygen atoms in total. The predicted molar refractivity (Wildman–Crippen MR) is 86.6 cm³/mol. The SMILES string of the molecule is CN1CCCC(CNC(=O)c2sc3cccnc3c2N)C1. The zero-order valence-electron chi connectivity index (χ0n) is 12.1. The molecule has 1 aliphatic rings. The third-order valence-corrected chi connectivity index (χ3v) is 5.12. The molecule has 0 spiro atoms. The fourth-order valence-electron chi connectivity index (χ4n) is 2.87. The summed E-state index contributed by atoms with van der Waals surface area (Å²) >= 11 is 1.41. The topological polar surface area (TPSA) is 71.2 Å². The van der Waals surface area contributed by atoms with E-state index in [2.05, 4.69) is 22.2 Å². The van der Waals surface area contributed by atoms with Gasteiger partial charge >= 0.3 is 0 Å². The van der Waals surface area contributed by atoms with Gasteiger partial charge in [0, 0.05) is 19.3 Å². The Balaban J connectivity index is 1.68. The molecule has 112 valence electrons. The van der Waals surface area contributed by atoms with Gasteiger partial charge in [0.1, 0.15) is 10.4 Å². The van der Waals surface area contributed by atoms with Crippen LogP contribution >= 0.6 is 11.3 Å². The average molecular weight is 304 g/mol. The molecule has 6 heteroatoms. The maximum Gasteiger partial charge on any atom is 0.263 e. The molecule has 0 radical (unpaired) electrons. The molecule has 1 saturated heterocycles. The van der Waals surface area contributed by atoms with Gasteiger partial charge in [-0.2, -0.15) is 0 Å². The van der Waals surface area contributed by atoms with Crippen molar-refractivity contribution < 1.29 is 4.79 Å². The summed E-state index contributed by atoms with van der Waals surface area (Å²) in [5, 5.41) is 3.03. The van der Waals surface area contributed by atoms with Crippen LogP contribution in [0.15, 0.2) is 18.3 Å². The first kappa shape index (κ1) is 14.3. The highest BCUT2D eigenvalue weighted by molar-refractivity contribution is 7.21. The first-order valence-electron chi connectivity index (χ1n) is 7.25. The molecular weight excluding hydrogens is 284 g/mol. The van der Waals surface area contributed by atoms with Gasteiger partial charge in [-0.25, -0.2) is 0 Å². The molecule has 0 aromatic carbocycles. The third kappa shape index (κ3) is 3.01. The lowest BCUT2D eigenvalue weighted by Gasteiger charge is -2.29. The number of amides is 1. The van der Waals surface area contributed by atoms with Gasteiger partial charge in [-0.1, -0.05) is 0 Å². The number of piperidine rings is 1. The van der Waals surface area contributed by atoms with Crippen molar-refractivity contribution in [2.24, 2.45) is 5.92 Å². The van der Waals surface area contributed by atoms with Gasteiger partial charge in [0.25, 0.3) is 5.91 Å². The van der Waals surface area contributed by atoms with Gasteiger partial charge in [0.15, 0.2) is 0 Å². The highest BCUT2D eigenvalue weighted by Gasteiger charge is 2.20. The second-order valence-electron chi connectivity index (χ2n) is 5.68. The predicted octanol–water partition coefficient (Wildman–Crippen LogP) is 1.95. The Morgan fingerprint density at radius 1 is 1.62 bits per heavy atom. The van der Waals surface area contributed by atoms with E-state index in [0.717, 1.165) is 23.3 Å². The van der Waals surface area contributed by atoms with Crippen molar-refractivity contribution in [1.29, 1.82) is 0 Å². The van der Waals surface area contributed by atoms with Crippen LogP contribution in [0.5, 0.6) is 0 Å². The summed E-state index contributed by atoms with van der Waals surface area (Å²) in [6.45, 7) is 2.91. The number of pyridine rings is 1. The molecule has 3 rings (SSSR count). The number of nitrogens with one attached hydrogen (secondary N) is 1. The molecule has 1 fully saturated rings. The molecule has 21 heavy (non-hydrogen) atoms. The van der Waals surface area contributed by atoms with Crippen LogP contribution in [-0.2, 0) is 0 Å². The molecule has 0 aliphatic carbocycles. The van der Waals surface area contributed by atoms with Crippen molar-refractivity contribution in [3.63, 3.8) is 0 Å². The number of aromatic nitrogens is 1. The number of likely N-dealkylation sites (tertiary alicyclic amines) is 1. The number of carbonyl (C=O) groups is 1. The number of nitrogens with two attached hydrogens (primary N) is 1. The summed E-state index contributed by atoms with van der Waals surface area (Å²) in [4.78, 5) is 19.5. The maximum atomic E-state index is 12.3. The number of fused-ring (bicyclic) bond motifs is 1. The monoisotopic (exact) mass is 304 g/mol. The Morgan fingerprint density at radius 2 is 2.48 bits per heavy atom. The van der Waals surface area contributed by atoms with Gasteiger partial charge in [0.2, 0.25) is 0 Å². The standard InChI is InChI=1S/C15H20N4OS/c1-19-7-3-4-10(9-19)8-18-15(20)14-12(16)13-11(21-14)5-2-6-17-13/h2,5-6,10H,3-4,7-9,16H2,1H3,(H,18,20). The van der Waals surface area contributed by atoms with E-state index >= 15 is 0 Å². The summed E-state index contributed by atoms with van der Waals surface area (Å²) in [7, 11) is 2.13. The highest BCUT2D eigenvalue weighted by atomic mass is 32.1. The van der Waals surface area contributed by atoms with Gasteiger partial charge in [-0.15, -0.1) is 11.3 Å². The molecule has 2 aromatic heterocycles. The number of hydrogen-bond acceptors (Lipinski definition) is 5. The van der Waals surface area contributed by atoms with Crippen molar-refractivity contribution in [2.75, 3.05) is 32.4 Å². The summed E-state index contributed by atoms with van der Waals surface area (Å²) < 4.78 is 0.956. The highest BCUT2D eigenvalue weighted by Crippen LogP contribution is 2.31. The van der Waals surface area contributed by atoms with E-state index in [1.54, 1.807) is 6.20 Å². The first-order valence-corrected chi connectivity index (χ1v) is 8.06. The molecule has 1 aliphatic heterocycles. The molecular formula is C15H20N4OS. The van der Waals surface area contributed by atoms with Crippen molar-refractivity contribution in [3.05, 3.63) is 23.2 Å². The lowest BCUT2D eigenvalue weighted by molar-refractivity contribution is 0.0941. The summed E-state index contributed by atoms with van der Waals surface area (Å²) in [5.74, 6) is 0.449. The summed E-state index contributed by atoms with van der Waals surface area (Å²) in [6, 6.07) is 3.80. The number of nitrogen functional groups attached to an aromatic ring is 1. The summed E-state index contributed by atoms with van der Waals surface area (Å²) in [6.07, 6.45) is 4.07. The lowest BCUT2D eigenvalue weighted by Crippen LogP contribution is -2.39. The van der Waals surface area contributed by atoms with E-state index in [1.165, 1.54) is 24.2 Å². The van der Waals surface area contributed by atoms with Gasteiger partial charge in [0.05, 0.1) is 10.4 Å². The van der Waals surface area contributed by atoms with Gasteiger partial charge in [-0.3, -0.25) is 9.78 Å². The van der Waals surface area contributed by atoms with Crippen molar-refractivity contribution in [1.82, 2.24) is 15.2 Å². The van der Waals surface area contributed by atoms with Crippen LogP contribution in [0.4, 0.5) is 5.69 Å². The van der Waals surface area contributed by atoms with E-state index in [1.807, 2.05) is 12.1 Å². The van der Waals surface area contributed by atoms with E-state index in [9.17, 15) is 4.79 Å². The second-order valence-corrected chi connectivity index (χ2v) is 6.73. The minimum Gasteiger partial charge on any atom is -0.396 e. The number of hydrogen-bond donors (Lipinski definition) is 2. The normalized spacial score (nSPS) is 19.8. The molecule has 0 bridgehead atoms. The van der Waals surface area contributed by atoms with Gasteiger partial charge < -0.3 is 16.0 Å². The fourth-order valence-corrected chi connectivity index (χ4v) is 3.87. The van der Waals surface area contributed by atoms with Gasteiger partial charge in [-0.05, 0) is 44.5 Å². The molecule has 1 atom stereocenters. The Kier molecular flexibility index (Phi) is 4.07. The lowest BCUT2D eigenvalue weighted by atomic mass is 9.98. The minimum absolute atomic E-state index is 0.0799. The van der Waals surface area contributed by atoms with Crippen LogP contribution in [0.3, 0.4) is 0 Å². The Bertz CT molecular complexity index is 654. The number of nitrogens with zero attached hydrogens (tertiary/aromatic N) is 2. The minimum atomic E-state index is -0.0799. The maximum absolute atomic E-state index is 12.3. The molecule has 1 amide bonds. The van der Waals surface area contributed by atoms with Crippen LogP contribution in [0, 0.1) is 5.92 Å². The molecule has 2 aromatic rings. The van der Waals surface area contributed by atoms with E-state index in [-0.39, 0.29) is 5.91 Å². The average Bonchev–Trinajstić information content (AvgIpc) is 2.83. The second kappa shape index (κ2) is 5.99. The van der Waals surface area contributed by atoms with Crippen LogP contribution < -0.4 is 11.1 Å². The molecule has 1 unspecified atom stereocenters. The van der Waals surface area contributed by atoms with Crippen molar-refractivity contribution in [2.45, 2.75) is 12.8 Å². The number of carbonyl (C=O) groups excluding carboxylic acids is 1. The molecule has 3 N–H and O–H groups in total. The Labute approximate surface area is 128 Å². The zero-order valence-corrected chi connectivity index (χ0v) is 12.9.